The third-order valence-electron chi connectivity index (χ3n) is 8.62. The number of benzene rings is 4. The van der Waals surface area contributed by atoms with Crippen molar-refractivity contribution in [2.75, 3.05) is 0 Å². The molecule has 52 heavy (non-hydrogen) atoms. The molecule has 6 rings (SSSR count). The summed E-state index contributed by atoms with van der Waals surface area (Å²) < 4.78 is -1.82. The van der Waals surface area contributed by atoms with Gasteiger partial charge >= 0.3 is 175 Å². The molecule has 0 aromatic heterocycles. The molecule has 4 aromatic rings. The molecule has 9 heteroatoms. The van der Waals surface area contributed by atoms with Crippen LogP contribution in [0.2, 0.25) is 0 Å². The summed E-state index contributed by atoms with van der Waals surface area (Å²) in [6.07, 6.45) is 11.0. The van der Waals surface area contributed by atoms with E-state index in [1.54, 1.807) is 12.1 Å². The van der Waals surface area contributed by atoms with Crippen LogP contribution in [0.1, 0.15) is 104 Å². The summed E-state index contributed by atoms with van der Waals surface area (Å²) in [7, 11) is 0. The fraction of sp³-hybridized carbons (Fsp3) is 0.326. The monoisotopic (exact) mass is 928 g/mol. The van der Waals surface area contributed by atoms with Crippen LogP contribution in [-0.2, 0) is 49.1 Å². The van der Waals surface area contributed by atoms with Gasteiger partial charge in [-0.1, -0.05) is 71.6 Å². The van der Waals surface area contributed by atoms with Gasteiger partial charge in [0.2, 0.25) is 0 Å². The number of rotatable bonds is 2. The average Bonchev–Trinajstić information content (AvgIpc) is 3.70. The molecule has 4 aromatic carbocycles. The Morgan fingerprint density at radius 2 is 1.17 bits per heavy atom. The second-order valence-corrected chi connectivity index (χ2v) is 20.5. The van der Waals surface area contributed by atoms with Gasteiger partial charge in [-0.15, -0.1) is 23.1 Å². The summed E-state index contributed by atoms with van der Waals surface area (Å²) in [5.41, 5.74) is 14.8. The van der Waals surface area contributed by atoms with Gasteiger partial charge in [-0.25, -0.2) is 12.2 Å². The van der Waals surface area contributed by atoms with Crippen molar-refractivity contribution in [1.29, 1.82) is 0 Å². The molecular weight excluding hydrogens is 891 g/mol. The van der Waals surface area contributed by atoms with Crippen LogP contribution in [0.15, 0.2) is 85.0 Å². The summed E-state index contributed by atoms with van der Waals surface area (Å²) in [6, 6.07) is 25.9. The molecule has 2 aliphatic rings. The van der Waals surface area contributed by atoms with Crippen LogP contribution in [0.25, 0.3) is 11.1 Å². The number of fused-ring (bicyclic) bond motifs is 3. The summed E-state index contributed by atoms with van der Waals surface area (Å²) in [5.74, 6) is 0. The van der Waals surface area contributed by atoms with Gasteiger partial charge in [0.1, 0.15) is 0 Å². The van der Waals surface area contributed by atoms with Gasteiger partial charge in [-0.05, 0) is 35.4 Å². The number of alkyl halides is 6. The van der Waals surface area contributed by atoms with Crippen molar-refractivity contribution in [2.45, 2.75) is 86.6 Å². The topological polar surface area (TPSA) is 0 Å². The van der Waals surface area contributed by atoms with Crippen molar-refractivity contribution in [3.8, 4) is 11.1 Å². The molecule has 276 valence electrons. The van der Waals surface area contributed by atoms with Crippen molar-refractivity contribution in [2.24, 2.45) is 0 Å². The van der Waals surface area contributed by atoms with E-state index in [0.717, 1.165) is 27.2 Å². The zero-order chi connectivity index (χ0) is 37.2. The Morgan fingerprint density at radius 1 is 0.673 bits per heavy atom. The summed E-state index contributed by atoms with van der Waals surface area (Å²) >= 11 is 36.9. The maximum atomic E-state index is 5.94. The van der Waals surface area contributed by atoms with Crippen LogP contribution in [0.3, 0.4) is 0 Å². The third-order valence-corrected chi connectivity index (χ3v) is 11.4. The van der Waals surface area contributed by atoms with Crippen molar-refractivity contribution >= 4 is 72.8 Å². The normalized spacial score (nSPS) is 13.1. The Hall–Kier alpha value is -0.567. The molecule has 0 aliphatic heterocycles. The molecule has 0 saturated heterocycles. The van der Waals surface area contributed by atoms with Crippen LogP contribution in [0.5, 0.6) is 0 Å². The van der Waals surface area contributed by atoms with Crippen LogP contribution in [0.4, 0.5) is 0 Å². The maximum Gasteiger partial charge on any atom is -0.109 e. The summed E-state index contributed by atoms with van der Waals surface area (Å²) in [6.45, 7) is 18.2. The molecular formula is C43H42Cl8Zr-2. The Balaban J connectivity index is 0.000000307. The van der Waals surface area contributed by atoms with Crippen LogP contribution in [0, 0.1) is 26.0 Å². The first-order chi connectivity index (χ1) is 23.1. The first-order valence-electron chi connectivity index (χ1n) is 16.4. The summed E-state index contributed by atoms with van der Waals surface area (Å²) in [4.78, 5) is 0. The van der Waals surface area contributed by atoms with E-state index in [2.05, 4.69) is 91.8 Å². The minimum absolute atomic E-state index is 0. The third kappa shape index (κ3) is 12.5. The number of halogens is 8. The largest absolute Gasteiger partial charge is 1.00 e. The van der Waals surface area contributed by atoms with Crippen molar-refractivity contribution in [3.63, 3.8) is 0 Å². The molecule has 0 radical (unpaired) electrons. The van der Waals surface area contributed by atoms with Crippen LogP contribution >= 0.6 is 69.6 Å². The predicted molar refractivity (Wildman–Crippen MR) is 217 cm³/mol. The number of aryl methyl sites for hydroxylation is 2. The fourth-order valence-corrected chi connectivity index (χ4v) is 7.70. The van der Waals surface area contributed by atoms with Crippen LogP contribution in [-0.4, -0.2) is 3.21 Å². The SMILES string of the molecule is Cc1[c-]c2c(cc1C(C)(C)C)-c1cc(C(C)(C)C)c(C)cc1C2.ClC(Cl)(Cl)c1cccc([C](=[Zr+2])c2cccc(C(Cl)(Cl)Cl)c2)c1.[C-]1=CC=CC1.[Cl-].[Cl-]. The maximum absolute atomic E-state index is 5.94. The van der Waals surface area contributed by atoms with Gasteiger partial charge in [-0.3, -0.25) is 6.08 Å². The molecule has 0 heterocycles. The molecule has 0 spiro atoms. The molecule has 0 atom stereocenters. The van der Waals surface area contributed by atoms with Gasteiger partial charge in [0.15, 0.2) is 0 Å². The van der Waals surface area contributed by atoms with Crippen molar-refractivity contribution < 1.29 is 49.0 Å². The van der Waals surface area contributed by atoms with E-state index in [9.17, 15) is 0 Å². The number of allylic oxidation sites excluding steroid dienone is 4. The van der Waals surface area contributed by atoms with E-state index in [1.165, 1.54) is 68.7 Å². The molecule has 2 aliphatic carbocycles. The number of hydrogen-bond donors (Lipinski definition) is 0. The Morgan fingerprint density at radius 3 is 1.58 bits per heavy atom. The second-order valence-electron chi connectivity index (χ2n) is 14.7. The van der Waals surface area contributed by atoms with Gasteiger partial charge in [0.05, 0.1) is 0 Å². The molecule has 0 bridgehead atoms. The zero-order valence-electron chi connectivity index (χ0n) is 30.5. The molecule has 0 N–H and O–H groups in total. The second kappa shape index (κ2) is 19.0. The Kier molecular flexibility index (Phi) is 17.4. The van der Waals surface area contributed by atoms with E-state index in [4.69, 9.17) is 69.6 Å². The molecule has 0 unspecified atom stereocenters. The van der Waals surface area contributed by atoms with E-state index in [0.29, 0.717) is 11.1 Å². The quantitative estimate of drug-likeness (QED) is 0.124. The fourth-order valence-electron chi connectivity index (χ4n) is 6.23. The minimum Gasteiger partial charge on any atom is -1.00 e. The first-order valence-corrected chi connectivity index (χ1v) is 19.9. The smallest absolute Gasteiger partial charge is 0.109 e. The average molecular weight is 934 g/mol. The predicted octanol–water partition coefficient (Wildman–Crippen LogP) is 8.04. The molecule has 0 amide bonds. The van der Waals surface area contributed by atoms with E-state index >= 15 is 0 Å². The van der Waals surface area contributed by atoms with E-state index in [-0.39, 0.29) is 35.6 Å². The van der Waals surface area contributed by atoms with Gasteiger partial charge < -0.3 is 24.8 Å². The standard InChI is InChI=1S/C23H29.C15H8Cl6.C5H5.2ClH.Zr/c1-14-9-16-11-17-10-15(2)21(23(6,7)8)13-19(17)18(16)12-20(14)22(3,4)5;16-14(17,18)12-5-1-3-10(8-12)7-11-4-2-6-13(9-11)15(19,20)21;1-2-4-5-3-1;;;/h9,12-13H,11H2,1-8H3;1-6,8-9H;1-3H,4H2;2*1H;/q-1;;-1;;;+2/p-2. The van der Waals surface area contributed by atoms with E-state index in [1.807, 2.05) is 48.6 Å². The van der Waals surface area contributed by atoms with Crippen molar-refractivity contribution in [1.82, 2.24) is 0 Å². The van der Waals surface area contributed by atoms with Gasteiger partial charge in [-0.2, -0.15) is 23.8 Å². The Labute approximate surface area is 368 Å². The molecule has 0 nitrogen and oxygen atoms in total. The van der Waals surface area contributed by atoms with E-state index < -0.39 is 7.59 Å². The zero-order valence-corrected chi connectivity index (χ0v) is 39.0. The number of hydrogen-bond acceptors (Lipinski definition) is 0. The van der Waals surface area contributed by atoms with Gasteiger partial charge in [0.25, 0.3) is 0 Å². The summed E-state index contributed by atoms with van der Waals surface area (Å²) in [5, 5.41) is 0. The van der Waals surface area contributed by atoms with Crippen LogP contribution < -0.4 is 24.8 Å². The Bertz CT molecular complexity index is 1790. The van der Waals surface area contributed by atoms with Crippen molar-refractivity contribution in [3.05, 3.63) is 153 Å². The van der Waals surface area contributed by atoms with Gasteiger partial charge in [0, 0.05) is 0 Å². The molecule has 0 fully saturated rings. The first kappa shape index (κ1) is 47.6. The minimum atomic E-state index is -1.45. The molecule has 0 saturated carbocycles.